The molecular weight excluding hydrogens is 283 g/mol. The lowest BCUT2D eigenvalue weighted by Gasteiger charge is -2.14. The van der Waals surface area contributed by atoms with Crippen molar-refractivity contribution >= 4 is 0 Å². The van der Waals surface area contributed by atoms with Crippen LogP contribution in [0.1, 0.15) is 5.56 Å². The van der Waals surface area contributed by atoms with E-state index in [0.717, 1.165) is 15.4 Å². The molecule has 21 heavy (non-hydrogen) atoms. The van der Waals surface area contributed by atoms with Gasteiger partial charge >= 0.3 is 5.69 Å². The predicted octanol–water partition coefficient (Wildman–Crippen LogP) is -0.854. The van der Waals surface area contributed by atoms with Crippen molar-refractivity contribution < 1.29 is 19.3 Å². The molecule has 0 radical (unpaired) electrons. The summed E-state index contributed by atoms with van der Waals surface area (Å²) in [5.41, 5.74) is -0.0108. The van der Waals surface area contributed by atoms with Crippen LogP contribution in [0.15, 0.2) is 16.9 Å². The average molecular weight is 298 g/mol. The van der Waals surface area contributed by atoms with Crippen LogP contribution in [0.5, 0.6) is 5.75 Å². The summed E-state index contributed by atoms with van der Waals surface area (Å²) < 4.78 is 20.9. The van der Waals surface area contributed by atoms with E-state index in [9.17, 15) is 14.3 Å². The van der Waals surface area contributed by atoms with Crippen LogP contribution in [0.4, 0.5) is 4.39 Å². The number of aliphatic hydroxyl groups is 2. The molecule has 8 nitrogen and oxygen atoms in total. The first-order valence-corrected chi connectivity index (χ1v) is 6.15. The molecule has 1 aromatic carbocycles. The summed E-state index contributed by atoms with van der Waals surface area (Å²) >= 11 is 0. The fourth-order valence-electron chi connectivity index (χ4n) is 1.63. The molecular formula is C12H15FN4O4. The summed E-state index contributed by atoms with van der Waals surface area (Å²) in [6, 6.07) is 2.49. The SMILES string of the molecule is Cc1cc(-n2nnn(C)c2=O)c(OC[C@H](O)CO)cc1F. The van der Waals surface area contributed by atoms with Crippen molar-refractivity contribution in [2.45, 2.75) is 13.0 Å². The minimum Gasteiger partial charge on any atom is -0.488 e. The van der Waals surface area contributed by atoms with Gasteiger partial charge in [-0.3, -0.25) is 0 Å². The number of aryl methyl sites for hydroxylation is 2. The minimum atomic E-state index is -1.11. The highest BCUT2D eigenvalue weighted by molar-refractivity contribution is 5.48. The number of benzene rings is 1. The zero-order chi connectivity index (χ0) is 15.6. The normalized spacial score (nSPS) is 12.4. The highest BCUT2D eigenvalue weighted by Gasteiger charge is 2.16. The van der Waals surface area contributed by atoms with Gasteiger partial charge in [0, 0.05) is 13.1 Å². The van der Waals surface area contributed by atoms with Gasteiger partial charge < -0.3 is 14.9 Å². The van der Waals surface area contributed by atoms with Crippen LogP contribution in [0.2, 0.25) is 0 Å². The van der Waals surface area contributed by atoms with Gasteiger partial charge in [0.05, 0.1) is 6.61 Å². The van der Waals surface area contributed by atoms with Crippen molar-refractivity contribution in [1.82, 2.24) is 19.8 Å². The fraction of sp³-hybridized carbons (Fsp3) is 0.417. The Balaban J connectivity index is 2.46. The molecule has 0 aliphatic carbocycles. The molecule has 0 saturated heterocycles. The van der Waals surface area contributed by atoms with Crippen molar-refractivity contribution in [1.29, 1.82) is 0 Å². The first-order chi connectivity index (χ1) is 9.93. The lowest BCUT2D eigenvalue weighted by Crippen LogP contribution is -2.24. The quantitative estimate of drug-likeness (QED) is 0.745. The van der Waals surface area contributed by atoms with Crippen molar-refractivity contribution in [2.75, 3.05) is 13.2 Å². The summed E-state index contributed by atoms with van der Waals surface area (Å²) in [5, 5.41) is 25.3. The van der Waals surface area contributed by atoms with Gasteiger partial charge in [-0.25, -0.2) is 9.18 Å². The van der Waals surface area contributed by atoms with E-state index in [2.05, 4.69) is 10.4 Å². The molecule has 114 valence electrons. The molecule has 0 fully saturated rings. The Morgan fingerprint density at radius 3 is 2.71 bits per heavy atom. The molecule has 0 spiro atoms. The molecule has 0 saturated carbocycles. The largest absolute Gasteiger partial charge is 0.488 e. The third-order valence-corrected chi connectivity index (χ3v) is 2.83. The number of hydrogen-bond donors (Lipinski definition) is 2. The monoisotopic (exact) mass is 298 g/mol. The van der Waals surface area contributed by atoms with Gasteiger partial charge in [0.15, 0.2) is 0 Å². The summed E-state index contributed by atoms with van der Waals surface area (Å²) in [4.78, 5) is 11.9. The Labute approximate surface area is 119 Å². The Hall–Kier alpha value is -2.26. The molecule has 1 aromatic heterocycles. The lowest BCUT2D eigenvalue weighted by atomic mass is 10.2. The van der Waals surface area contributed by atoms with Gasteiger partial charge in [-0.15, -0.1) is 0 Å². The average Bonchev–Trinajstić information content (AvgIpc) is 2.79. The summed E-state index contributed by atoms with van der Waals surface area (Å²) in [7, 11) is 1.43. The van der Waals surface area contributed by atoms with E-state index in [1.807, 2.05) is 0 Å². The number of ether oxygens (including phenoxy) is 1. The molecule has 9 heteroatoms. The van der Waals surface area contributed by atoms with Crippen LogP contribution in [0.25, 0.3) is 5.69 Å². The number of hydrogen-bond acceptors (Lipinski definition) is 6. The van der Waals surface area contributed by atoms with Crippen molar-refractivity contribution in [3.63, 3.8) is 0 Å². The van der Waals surface area contributed by atoms with Crippen LogP contribution >= 0.6 is 0 Å². The van der Waals surface area contributed by atoms with Gasteiger partial charge in [0.2, 0.25) is 0 Å². The van der Waals surface area contributed by atoms with Crippen molar-refractivity contribution in [3.8, 4) is 11.4 Å². The maximum atomic E-state index is 13.7. The van der Waals surface area contributed by atoms with Gasteiger partial charge in [-0.05, 0) is 29.0 Å². The smallest absolute Gasteiger partial charge is 0.368 e. The van der Waals surface area contributed by atoms with Crippen LogP contribution in [-0.4, -0.2) is 49.3 Å². The topological polar surface area (TPSA) is 102 Å². The standard InChI is InChI=1S/C12H15FN4O4/c1-7-3-10(17-12(20)16(2)14-15-17)11(4-9(7)13)21-6-8(19)5-18/h3-4,8,18-19H,5-6H2,1-2H3/t8-/m1/s1. The van der Waals surface area contributed by atoms with E-state index in [1.165, 1.54) is 20.0 Å². The first kappa shape index (κ1) is 15.1. The molecule has 0 unspecified atom stereocenters. The molecule has 2 rings (SSSR count). The highest BCUT2D eigenvalue weighted by Crippen LogP contribution is 2.25. The summed E-state index contributed by atoms with van der Waals surface area (Å²) in [6.45, 7) is 0.794. The highest BCUT2D eigenvalue weighted by atomic mass is 19.1. The van der Waals surface area contributed by atoms with E-state index in [4.69, 9.17) is 9.84 Å². The van der Waals surface area contributed by atoms with Gasteiger partial charge in [0.25, 0.3) is 0 Å². The van der Waals surface area contributed by atoms with Gasteiger partial charge in [-0.2, -0.15) is 9.36 Å². The van der Waals surface area contributed by atoms with Crippen molar-refractivity contribution in [3.05, 3.63) is 34.0 Å². The number of nitrogens with zero attached hydrogens (tertiary/aromatic N) is 4. The minimum absolute atomic E-state index is 0.0215. The molecule has 0 amide bonds. The first-order valence-electron chi connectivity index (χ1n) is 6.15. The Bertz CT molecular complexity index is 697. The van der Waals surface area contributed by atoms with E-state index >= 15 is 0 Å². The number of tetrazole rings is 1. The van der Waals surface area contributed by atoms with E-state index in [0.29, 0.717) is 5.56 Å². The maximum Gasteiger partial charge on any atom is 0.368 e. The van der Waals surface area contributed by atoms with Crippen LogP contribution in [0, 0.1) is 12.7 Å². The molecule has 0 aliphatic heterocycles. The molecule has 0 aliphatic rings. The van der Waals surface area contributed by atoms with E-state index in [1.54, 1.807) is 0 Å². The zero-order valence-electron chi connectivity index (χ0n) is 11.5. The number of aromatic nitrogens is 4. The summed E-state index contributed by atoms with van der Waals surface area (Å²) in [6.07, 6.45) is -1.11. The second-order valence-electron chi connectivity index (χ2n) is 4.51. The molecule has 2 N–H and O–H groups in total. The van der Waals surface area contributed by atoms with Crippen LogP contribution in [-0.2, 0) is 7.05 Å². The zero-order valence-corrected chi connectivity index (χ0v) is 11.5. The van der Waals surface area contributed by atoms with Crippen molar-refractivity contribution in [2.24, 2.45) is 7.05 Å². The molecule has 2 aromatic rings. The van der Waals surface area contributed by atoms with Gasteiger partial charge in [-0.1, -0.05) is 0 Å². The number of halogens is 1. The van der Waals surface area contributed by atoms with Crippen LogP contribution in [0.3, 0.4) is 0 Å². The number of rotatable bonds is 5. The predicted molar refractivity (Wildman–Crippen MR) is 69.9 cm³/mol. The molecule has 0 bridgehead atoms. The fourth-order valence-corrected chi connectivity index (χ4v) is 1.63. The third-order valence-electron chi connectivity index (χ3n) is 2.83. The Morgan fingerprint density at radius 2 is 2.14 bits per heavy atom. The third kappa shape index (κ3) is 3.09. The Morgan fingerprint density at radius 1 is 1.43 bits per heavy atom. The van der Waals surface area contributed by atoms with Gasteiger partial charge in [0.1, 0.15) is 30.0 Å². The molecule has 1 atom stereocenters. The summed E-state index contributed by atoms with van der Waals surface area (Å²) in [5.74, 6) is -0.502. The Kier molecular flexibility index (Phi) is 4.34. The van der Waals surface area contributed by atoms with E-state index in [-0.39, 0.29) is 18.0 Å². The molecule has 1 heterocycles. The lowest BCUT2D eigenvalue weighted by molar-refractivity contribution is 0.0534. The maximum absolute atomic E-state index is 13.7. The second kappa shape index (κ2) is 6.02. The van der Waals surface area contributed by atoms with E-state index < -0.39 is 24.2 Å². The second-order valence-corrected chi connectivity index (χ2v) is 4.51. The number of aliphatic hydroxyl groups excluding tert-OH is 2. The van der Waals surface area contributed by atoms with Crippen LogP contribution < -0.4 is 10.4 Å².